The van der Waals surface area contributed by atoms with Crippen LogP contribution in [0.2, 0.25) is 0 Å². The summed E-state index contributed by atoms with van der Waals surface area (Å²) in [7, 11) is 0. The first-order valence-corrected chi connectivity index (χ1v) is 18.4. The predicted molar refractivity (Wildman–Crippen MR) is 207 cm³/mol. The van der Waals surface area contributed by atoms with Crippen LogP contribution in [-0.4, -0.2) is 93.5 Å². The summed E-state index contributed by atoms with van der Waals surface area (Å²) in [5, 5.41) is 3.87. The summed E-state index contributed by atoms with van der Waals surface area (Å²) >= 11 is 0. The number of ether oxygens (including phenoxy) is 3. The molecule has 15 heteroatoms. The molecule has 1 unspecified atom stereocenters. The van der Waals surface area contributed by atoms with Crippen molar-refractivity contribution >= 4 is 39.4 Å². The second-order valence-electron chi connectivity index (χ2n) is 14.5. The molecule has 5 aromatic rings. The number of amides is 1. The Bertz CT molecular complexity index is 2480. The summed E-state index contributed by atoms with van der Waals surface area (Å²) in [6.07, 6.45) is 9.01. The smallest absolute Gasteiger partial charge is 0.409 e. The number of nitrogens with one attached hydrogen (secondary N) is 2. The van der Waals surface area contributed by atoms with E-state index < -0.39 is 28.8 Å². The average Bonchev–Trinajstić information content (AvgIpc) is 3.71. The van der Waals surface area contributed by atoms with Gasteiger partial charge < -0.3 is 35.1 Å². The molecule has 3 aliphatic heterocycles. The highest BCUT2D eigenvalue weighted by Gasteiger charge is 2.51. The Morgan fingerprint density at radius 2 is 2.02 bits per heavy atom. The Morgan fingerprint density at radius 3 is 2.80 bits per heavy atom. The molecule has 56 heavy (non-hydrogen) atoms. The largest absolute Gasteiger partial charge is 0.461 e. The molecule has 288 valence electrons. The minimum Gasteiger partial charge on any atom is -0.461 e. The van der Waals surface area contributed by atoms with Crippen molar-refractivity contribution in [1.82, 2.24) is 29.7 Å². The molecule has 3 fully saturated rings. The van der Waals surface area contributed by atoms with E-state index in [1.54, 1.807) is 48.4 Å². The number of morpholine rings is 1. The van der Waals surface area contributed by atoms with Gasteiger partial charge in [-0.15, -0.1) is 6.42 Å². The first-order chi connectivity index (χ1) is 27.1. The number of hydrogen-bond acceptors (Lipinski definition) is 11. The number of H-pyrrole nitrogens is 1. The van der Waals surface area contributed by atoms with Crippen molar-refractivity contribution < 1.29 is 27.8 Å². The quantitative estimate of drug-likeness (QED) is 0.128. The lowest BCUT2D eigenvalue weighted by Gasteiger charge is -2.34. The van der Waals surface area contributed by atoms with Gasteiger partial charge in [0, 0.05) is 48.4 Å². The highest BCUT2D eigenvalue weighted by atomic mass is 19.1. The lowest BCUT2D eigenvalue weighted by molar-refractivity contribution is 0.0139. The first-order valence-electron chi connectivity index (χ1n) is 18.4. The summed E-state index contributed by atoms with van der Waals surface area (Å²) < 4.78 is 49.5. The van der Waals surface area contributed by atoms with Crippen LogP contribution in [0.5, 0.6) is 6.01 Å². The maximum atomic E-state index is 17.0. The molecule has 0 aliphatic carbocycles. The van der Waals surface area contributed by atoms with Gasteiger partial charge in [0.05, 0.1) is 36.1 Å². The van der Waals surface area contributed by atoms with Crippen LogP contribution in [-0.2, 0) is 9.47 Å². The second-order valence-corrected chi connectivity index (χ2v) is 14.5. The Morgan fingerprint density at radius 1 is 1.20 bits per heavy atom. The zero-order valence-electron chi connectivity index (χ0n) is 30.7. The van der Waals surface area contributed by atoms with Gasteiger partial charge >= 0.3 is 12.1 Å². The SMILES string of the molecule is C#Cc1c(F)ccc2cccc(-c3[nH]c(=O)c4c(NC(C)c5cccnc5N)nc(OC[C@@]56CC[C@@H](COC(=O)N7CCOCC7)N5CC(=C)C6)nc4c3F)c12. The number of hydrogen-bond donors (Lipinski definition) is 3. The number of aromatic nitrogens is 4. The number of nitrogen functional groups attached to an aromatic ring is 1. The predicted octanol–water partition coefficient (Wildman–Crippen LogP) is 5.56. The number of nitrogens with zero attached hydrogens (tertiary/aromatic N) is 5. The summed E-state index contributed by atoms with van der Waals surface area (Å²) in [6, 6.07) is 10.5. The maximum Gasteiger partial charge on any atom is 0.409 e. The van der Waals surface area contributed by atoms with Gasteiger partial charge in [-0.3, -0.25) is 9.69 Å². The van der Waals surface area contributed by atoms with E-state index in [9.17, 15) is 14.0 Å². The summed E-state index contributed by atoms with van der Waals surface area (Å²) in [4.78, 5) is 46.6. The van der Waals surface area contributed by atoms with E-state index in [0.717, 1.165) is 18.4 Å². The number of rotatable bonds is 9. The molecule has 3 atom stereocenters. The van der Waals surface area contributed by atoms with Crippen LogP contribution in [0.15, 0.2) is 65.6 Å². The lowest BCUT2D eigenvalue weighted by atomic mass is 9.94. The molecule has 2 aromatic carbocycles. The molecule has 0 bridgehead atoms. The van der Waals surface area contributed by atoms with E-state index in [-0.39, 0.29) is 76.1 Å². The van der Waals surface area contributed by atoms with Gasteiger partial charge in [-0.25, -0.2) is 18.6 Å². The molecule has 4 N–H and O–H groups in total. The summed E-state index contributed by atoms with van der Waals surface area (Å²) in [5.41, 5.74) is 6.17. The van der Waals surface area contributed by atoms with Crippen LogP contribution < -0.4 is 21.3 Å². The monoisotopic (exact) mass is 762 g/mol. The van der Waals surface area contributed by atoms with E-state index in [1.807, 2.05) is 0 Å². The van der Waals surface area contributed by atoms with Gasteiger partial charge in [-0.1, -0.05) is 48.4 Å². The molecule has 3 aliphatic rings. The number of carbonyl (C=O) groups is 1. The van der Waals surface area contributed by atoms with Crippen LogP contribution in [0, 0.1) is 24.0 Å². The number of nitrogens with two attached hydrogens (primary N) is 1. The molecule has 0 spiro atoms. The van der Waals surface area contributed by atoms with Gasteiger partial charge in [0.25, 0.3) is 5.56 Å². The third kappa shape index (κ3) is 6.64. The number of halogens is 2. The molecule has 3 saturated heterocycles. The number of terminal acetylenes is 1. The topological polar surface area (TPSA) is 161 Å². The highest BCUT2D eigenvalue weighted by molar-refractivity contribution is 6.02. The van der Waals surface area contributed by atoms with Crippen molar-refractivity contribution in [2.75, 3.05) is 57.1 Å². The molecule has 1 amide bonds. The first kappa shape index (κ1) is 36.8. The molecular weight excluding hydrogens is 722 g/mol. The third-order valence-corrected chi connectivity index (χ3v) is 11.0. The van der Waals surface area contributed by atoms with Gasteiger partial charge in [0.2, 0.25) is 0 Å². The van der Waals surface area contributed by atoms with Gasteiger partial charge in [0.1, 0.15) is 41.6 Å². The molecule has 13 nitrogen and oxygen atoms in total. The van der Waals surface area contributed by atoms with Crippen molar-refractivity contribution in [3.05, 3.63) is 93.9 Å². The minimum absolute atomic E-state index is 0.00485. The van der Waals surface area contributed by atoms with E-state index in [4.69, 9.17) is 26.4 Å². The second kappa shape index (κ2) is 14.9. The summed E-state index contributed by atoms with van der Waals surface area (Å²) in [6.45, 7) is 8.90. The molecule has 3 aromatic heterocycles. The van der Waals surface area contributed by atoms with E-state index >= 15 is 4.39 Å². The van der Waals surface area contributed by atoms with Crippen LogP contribution >= 0.6 is 0 Å². The Kier molecular flexibility index (Phi) is 9.77. The zero-order chi connectivity index (χ0) is 39.1. The summed E-state index contributed by atoms with van der Waals surface area (Å²) in [5.74, 6) is 1.10. The van der Waals surface area contributed by atoms with Crippen molar-refractivity contribution in [2.45, 2.75) is 43.8 Å². The number of aromatic amines is 1. The fourth-order valence-electron chi connectivity index (χ4n) is 8.25. The van der Waals surface area contributed by atoms with Crippen LogP contribution in [0.1, 0.15) is 43.4 Å². The third-order valence-electron chi connectivity index (χ3n) is 11.0. The van der Waals surface area contributed by atoms with E-state index in [1.165, 1.54) is 12.1 Å². The number of benzene rings is 2. The number of carbonyl (C=O) groups excluding carboxylic acids is 1. The van der Waals surface area contributed by atoms with Gasteiger partial charge in [-0.2, -0.15) is 9.97 Å². The van der Waals surface area contributed by atoms with Crippen molar-refractivity contribution in [3.8, 4) is 29.6 Å². The Balaban J connectivity index is 1.16. The average molecular weight is 763 g/mol. The lowest BCUT2D eigenvalue weighted by Crippen LogP contribution is -2.48. The Labute approximate surface area is 320 Å². The van der Waals surface area contributed by atoms with Crippen LogP contribution in [0.3, 0.4) is 0 Å². The maximum absolute atomic E-state index is 17.0. The number of fused-ring (bicyclic) bond motifs is 3. The fraction of sp³-hybridized carbons (Fsp3) is 0.341. The Hall–Kier alpha value is -6.11. The molecule has 0 saturated carbocycles. The fourth-order valence-corrected chi connectivity index (χ4v) is 8.25. The molecule has 0 radical (unpaired) electrons. The molecular formula is C41H40F2N8O5. The molecule has 6 heterocycles. The highest BCUT2D eigenvalue weighted by Crippen LogP contribution is 2.45. The van der Waals surface area contributed by atoms with E-state index in [0.29, 0.717) is 50.2 Å². The van der Waals surface area contributed by atoms with Crippen molar-refractivity contribution in [3.63, 3.8) is 0 Å². The van der Waals surface area contributed by atoms with Crippen LogP contribution in [0.25, 0.3) is 32.9 Å². The molecule has 8 rings (SSSR count). The number of anilines is 2. The standard InChI is InChI=1S/C41H40F2N8O5/c1-4-27-30(42)11-10-25-7-5-8-29(31(25)27)34-33(43)35-32(38(52)47-34)37(46-24(3)28-9-6-14-45-36(28)44)49-39(48-35)56-22-41-13-12-26(51(41)20-23(2)19-41)21-55-40(53)50-15-17-54-18-16-50/h1,5-11,14,24,26H,2,12-13,15-22H2,3H3,(H2,44,45)(H,47,52)(H,46,48,49)/t24?,26-,41-/m0/s1. The zero-order valence-corrected chi connectivity index (χ0v) is 30.7. The minimum atomic E-state index is -0.889. The van der Waals surface area contributed by atoms with Gasteiger partial charge in [-0.05, 0) is 43.7 Å². The van der Waals surface area contributed by atoms with Crippen LogP contribution in [0.4, 0.5) is 25.2 Å². The van der Waals surface area contributed by atoms with Gasteiger partial charge in [0.15, 0.2) is 5.82 Å². The van der Waals surface area contributed by atoms with Crippen molar-refractivity contribution in [2.24, 2.45) is 0 Å². The van der Waals surface area contributed by atoms with E-state index in [2.05, 4.69) is 42.7 Å². The number of pyridine rings is 2. The van der Waals surface area contributed by atoms with Crippen molar-refractivity contribution in [1.29, 1.82) is 0 Å². The normalized spacial score (nSPS) is 20.2.